The number of rotatable bonds is 5. The minimum absolute atomic E-state index is 0.0830. The second-order valence-corrected chi connectivity index (χ2v) is 10.5. The number of aromatic nitrogens is 5. The highest BCUT2D eigenvalue weighted by atomic mass is 32.2. The monoisotopic (exact) mass is 489 g/mol. The maximum atomic E-state index is 13.3. The third kappa shape index (κ3) is 4.22. The standard InChI is InChI=1S/C24H23N7O3S/c1-29-22(26-23-21(24(29)32)27-28-31(23)15-17-7-3-2-4-8-17)19-10-6-12-30(16-19)35(33,34)20-11-5-9-18(13-20)14-25/h2-5,7-9,11,13,19H,6,10,12,15-16H2,1H3. The fraction of sp³-hybridized carbons (Fsp3) is 0.292. The molecule has 0 radical (unpaired) electrons. The SMILES string of the molecule is Cn1c(C2CCCN(S(=O)(=O)c3cccc(C#N)c3)C2)nc2c(nnn2Cc2ccccc2)c1=O. The molecule has 1 atom stereocenters. The summed E-state index contributed by atoms with van der Waals surface area (Å²) in [4.78, 5) is 17.9. The van der Waals surface area contributed by atoms with Crippen molar-refractivity contribution in [3.8, 4) is 6.07 Å². The Bertz CT molecular complexity index is 1600. The van der Waals surface area contributed by atoms with Crippen LogP contribution >= 0.6 is 0 Å². The molecule has 0 spiro atoms. The van der Waals surface area contributed by atoms with E-state index in [0.29, 0.717) is 37.4 Å². The molecule has 0 bridgehead atoms. The summed E-state index contributed by atoms with van der Waals surface area (Å²) >= 11 is 0. The number of piperidine rings is 1. The van der Waals surface area contributed by atoms with E-state index in [9.17, 15) is 13.2 Å². The maximum Gasteiger partial charge on any atom is 0.283 e. The number of benzene rings is 2. The van der Waals surface area contributed by atoms with Gasteiger partial charge >= 0.3 is 0 Å². The molecule has 178 valence electrons. The Morgan fingerprint density at radius 2 is 1.94 bits per heavy atom. The van der Waals surface area contributed by atoms with E-state index in [1.54, 1.807) is 23.9 Å². The van der Waals surface area contributed by atoms with Crippen LogP contribution in [0.1, 0.15) is 35.7 Å². The summed E-state index contributed by atoms with van der Waals surface area (Å²) in [6.45, 7) is 0.960. The lowest BCUT2D eigenvalue weighted by Crippen LogP contribution is -2.40. The Morgan fingerprint density at radius 3 is 2.71 bits per heavy atom. The van der Waals surface area contributed by atoms with Crippen molar-refractivity contribution in [2.45, 2.75) is 30.2 Å². The molecule has 2 aromatic heterocycles. The summed E-state index contributed by atoms with van der Waals surface area (Å²) in [5, 5.41) is 17.4. The number of fused-ring (bicyclic) bond motifs is 1. The van der Waals surface area contributed by atoms with E-state index in [-0.39, 0.29) is 34.0 Å². The molecule has 2 aromatic carbocycles. The van der Waals surface area contributed by atoms with Gasteiger partial charge in [0, 0.05) is 26.1 Å². The van der Waals surface area contributed by atoms with Crippen molar-refractivity contribution >= 4 is 21.2 Å². The van der Waals surface area contributed by atoms with Crippen LogP contribution in [-0.4, -0.2) is 50.4 Å². The Balaban J connectivity index is 1.50. The van der Waals surface area contributed by atoms with Crippen molar-refractivity contribution in [1.29, 1.82) is 5.26 Å². The van der Waals surface area contributed by atoms with Gasteiger partial charge in [-0.3, -0.25) is 9.36 Å². The lowest BCUT2D eigenvalue weighted by Gasteiger charge is -2.32. The third-order valence-corrected chi connectivity index (χ3v) is 8.17. The number of nitrogens with zero attached hydrogens (tertiary/aromatic N) is 7. The highest BCUT2D eigenvalue weighted by Gasteiger charge is 2.33. The van der Waals surface area contributed by atoms with E-state index in [1.165, 1.54) is 21.0 Å². The van der Waals surface area contributed by atoms with Crippen LogP contribution in [-0.2, 0) is 23.6 Å². The van der Waals surface area contributed by atoms with E-state index in [2.05, 4.69) is 10.3 Å². The van der Waals surface area contributed by atoms with Crippen molar-refractivity contribution in [1.82, 2.24) is 28.9 Å². The quantitative estimate of drug-likeness (QED) is 0.420. The van der Waals surface area contributed by atoms with Gasteiger partial charge in [0.1, 0.15) is 5.82 Å². The van der Waals surface area contributed by atoms with Crippen molar-refractivity contribution < 1.29 is 8.42 Å². The van der Waals surface area contributed by atoms with E-state index < -0.39 is 10.0 Å². The van der Waals surface area contributed by atoms with E-state index in [4.69, 9.17) is 10.2 Å². The van der Waals surface area contributed by atoms with Crippen LogP contribution in [0.25, 0.3) is 11.2 Å². The van der Waals surface area contributed by atoms with Gasteiger partial charge in [-0.15, -0.1) is 5.10 Å². The lowest BCUT2D eigenvalue weighted by atomic mass is 9.98. The predicted molar refractivity (Wildman–Crippen MR) is 128 cm³/mol. The Kier molecular flexibility index (Phi) is 5.92. The topological polar surface area (TPSA) is 127 Å². The number of nitriles is 1. The van der Waals surface area contributed by atoms with Gasteiger partial charge in [0.25, 0.3) is 5.56 Å². The summed E-state index contributed by atoms with van der Waals surface area (Å²) in [5.74, 6) is 0.227. The normalized spacial score (nSPS) is 16.9. The van der Waals surface area contributed by atoms with Gasteiger partial charge in [-0.25, -0.2) is 18.1 Å². The van der Waals surface area contributed by atoms with Gasteiger partial charge in [-0.2, -0.15) is 9.57 Å². The molecule has 0 aliphatic carbocycles. The van der Waals surface area contributed by atoms with Gasteiger partial charge in [-0.05, 0) is 36.6 Å². The van der Waals surface area contributed by atoms with E-state index >= 15 is 0 Å². The Labute approximate surface area is 202 Å². The second kappa shape index (κ2) is 9.05. The number of sulfonamides is 1. The zero-order chi connectivity index (χ0) is 24.6. The molecule has 1 aliphatic heterocycles. The molecule has 0 amide bonds. The first-order chi connectivity index (χ1) is 16.9. The molecule has 1 aliphatic rings. The first-order valence-electron chi connectivity index (χ1n) is 11.2. The molecule has 5 rings (SSSR count). The van der Waals surface area contributed by atoms with Crippen molar-refractivity contribution in [3.63, 3.8) is 0 Å². The first kappa shape index (κ1) is 22.9. The van der Waals surface area contributed by atoms with Crippen molar-refractivity contribution in [3.05, 3.63) is 81.9 Å². The zero-order valence-electron chi connectivity index (χ0n) is 19.1. The molecule has 3 heterocycles. The summed E-state index contributed by atoms with van der Waals surface area (Å²) < 4.78 is 31.1. The molecule has 4 aromatic rings. The van der Waals surface area contributed by atoms with Gasteiger partial charge in [-0.1, -0.05) is 41.6 Å². The smallest absolute Gasteiger partial charge is 0.283 e. The molecule has 0 saturated carbocycles. The zero-order valence-corrected chi connectivity index (χ0v) is 19.9. The van der Waals surface area contributed by atoms with Crippen molar-refractivity contribution in [2.75, 3.05) is 13.1 Å². The second-order valence-electron chi connectivity index (χ2n) is 8.58. The largest absolute Gasteiger partial charge is 0.297 e. The van der Waals surface area contributed by atoms with Crippen LogP contribution in [0.5, 0.6) is 0 Å². The van der Waals surface area contributed by atoms with E-state index in [1.807, 2.05) is 36.4 Å². The van der Waals surface area contributed by atoms with Crippen LogP contribution < -0.4 is 5.56 Å². The van der Waals surface area contributed by atoms with Crippen LogP contribution in [0.2, 0.25) is 0 Å². The van der Waals surface area contributed by atoms with Crippen LogP contribution in [0.15, 0.2) is 64.3 Å². The summed E-state index contributed by atoms with van der Waals surface area (Å²) in [6, 6.07) is 17.7. The lowest BCUT2D eigenvalue weighted by molar-refractivity contribution is 0.305. The summed E-state index contributed by atoms with van der Waals surface area (Å²) in [6.07, 6.45) is 1.31. The van der Waals surface area contributed by atoms with Gasteiger partial charge in [0.15, 0.2) is 11.2 Å². The fourth-order valence-electron chi connectivity index (χ4n) is 4.48. The minimum atomic E-state index is -3.80. The highest BCUT2D eigenvalue weighted by Crippen LogP contribution is 2.29. The average molecular weight is 490 g/mol. The van der Waals surface area contributed by atoms with Gasteiger partial charge in [0.05, 0.1) is 23.1 Å². The minimum Gasteiger partial charge on any atom is -0.297 e. The number of hydrogen-bond acceptors (Lipinski definition) is 7. The van der Waals surface area contributed by atoms with Crippen LogP contribution in [0.3, 0.4) is 0 Å². The molecule has 1 fully saturated rings. The summed E-state index contributed by atoms with van der Waals surface area (Å²) in [7, 11) is -2.17. The van der Waals surface area contributed by atoms with Crippen LogP contribution in [0, 0.1) is 11.3 Å². The van der Waals surface area contributed by atoms with Gasteiger partial charge < -0.3 is 0 Å². The maximum absolute atomic E-state index is 13.3. The Hall–Kier alpha value is -3.88. The first-order valence-corrected chi connectivity index (χ1v) is 12.7. The molecule has 0 N–H and O–H groups in total. The fourth-order valence-corrected chi connectivity index (χ4v) is 6.05. The predicted octanol–water partition coefficient (Wildman–Crippen LogP) is 2.01. The molecule has 35 heavy (non-hydrogen) atoms. The molecule has 1 unspecified atom stereocenters. The summed E-state index contributed by atoms with van der Waals surface area (Å²) in [5.41, 5.74) is 1.53. The van der Waals surface area contributed by atoms with E-state index in [0.717, 1.165) is 5.56 Å². The molecule has 10 nitrogen and oxygen atoms in total. The molecular weight excluding hydrogens is 466 g/mol. The highest BCUT2D eigenvalue weighted by molar-refractivity contribution is 7.89. The van der Waals surface area contributed by atoms with Gasteiger partial charge in [0.2, 0.25) is 10.0 Å². The Morgan fingerprint density at radius 1 is 1.14 bits per heavy atom. The van der Waals surface area contributed by atoms with Crippen LogP contribution in [0.4, 0.5) is 0 Å². The molecular formula is C24H23N7O3S. The van der Waals surface area contributed by atoms with Crippen molar-refractivity contribution in [2.24, 2.45) is 7.05 Å². The molecule has 1 saturated heterocycles. The number of hydrogen-bond donors (Lipinski definition) is 0. The third-order valence-electron chi connectivity index (χ3n) is 6.31. The average Bonchev–Trinajstić information content (AvgIpc) is 3.29. The molecule has 11 heteroatoms.